The van der Waals surface area contributed by atoms with Crippen molar-refractivity contribution in [3.8, 4) is 12.3 Å². The molecule has 3 N–H and O–H groups in total. The van der Waals surface area contributed by atoms with Gasteiger partial charge in [-0.2, -0.15) is 0 Å². The van der Waals surface area contributed by atoms with Crippen molar-refractivity contribution in [1.29, 1.82) is 0 Å². The Hall–Kier alpha value is -1.30. The van der Waals surface area contributed by atoms with Gasteiger partial charge in [-0.05, 0) is 30.4 Å². The number of benzene rings is 1. The van der Waals surface area contributed by atoms with Gasteiger partial charge in [0.25, 0.3) is 0 Å². The summed E-state index contributed by atoms with van der Waals surface area (Å²) in [6, 6.07) is 8.79. The predicted molar refractivity (Wildman–Crippen MR) is 68.6 cm³/mol. The van der Waals surface area contributed by atoms with Crippen molar-refractivity contribution in [2.75, 3.05) is 0 Å². The van der Waals surface area contributed by atoms with Crippen LogP contribution in [-0.4, -0.2) is 0 Å². The largest absolute Gasteiger partial charge is 0.271 e. The third-order valence-corrected chi connectivity index (χ3v) is 2.81. The summed E-state index contributed by atoms with van der Waals surface area (Å²) in [7, 11) is 0. The zero-order chi connectivity index (χ0) is 11.8. The first-order valence-corrected chi connectivity index (χ1v) is 5.80. The molecule has 0 bridgehead atoms. The highest BCUT2D eigenvalue weighted by Gasteiger charge is 2.08. The maximum absolute atomic E-state index is 5.56. The third-order valence-electron chi connectivity index (χ3n) is 2.81. The number of hydrazine groups is 1. The molecule has 1 unspecified atom stereocenters. The molecule has 0 saturated carbocycles. The Bertz CT molecular complexity index is 335. The van der Waals surface area contributed by atoms with Crippen LogP contribution in [0.5, 0.6) is 0 Å². The highest BCUT2D eigenvalue weighted by atomic mass is 15.2. The quantitative estimate of drug-likeness (QED) is 0.332. The number of hydrogen-bond donors (Lipinski definition) is 2. The van der Waals surface area contributed by atoms with Crippen LogP contribution < -0.4 is 11.3 Å². The fourth-order valence-corrected chi connectivity index (χ4v) is 1.74. The summed E-state index contributed by atoms with van der Waals surface area (Å²) in [6.45, 7) is 2.15. The first-order chi connectivity index (χ1) is 7.81. The van der Waals surface area contributed by atoms with Crippen molar-refractivity contribution in [2.45, 2.75) is 38.6 Å². The van der Waals surface area contributed by atoms with E-state index < -0.39 is 0 Å². The molecule has 0 amide bonds. The smallest absolute Gasteiger partial charge is 0.0460 e. The summed E-state index contributed by atoms with van der Waals surface area (Å²) in [4.78, 5) is 0. The second kappa shape index (κ2) is 7.05. The Morgan fingerprint density at radius 1 is 1.38 bits per heavy atom. The van der Waals surface area contributed by atoms with Crippen molar-refractivity contribution in [3.05, 3.63) is 35.4 Å². The van der Waals surface area contributed by atoms with Gasteiger partial charge >= 0.3 is 0 Å². The Labute approximate surface area is 98.2 Å². The lowest BCUT2D eigenvalue weighted by Crippen LogP contribution is -2.27. The van der Waals surface area contributed by atoms with Gasteiger partial charge in [-0.15, -0.1) is 12.3 Å². The highest BCUT2D eigenvalue weighted by molar-refractivity contribution is 5.24. The van der Waals surface area contributed by atoms with Crippen LogP contribution in [0.15, 0.2) is 24.3 Å². The van der Waals surface area contributed by atoms with E-state index in [1.165, 1.54) is 11.1 Å². The average molecular weight is 216 g/mol. The van der Waals surface area contributed by atoms with E-state index in [0.717, 1.165) is 25.7 Å². The van der Waals surface area contributed by atoms with Gasteiger partial charge < -0.3 is 0 Å². The number of aryl methyl sites for hydroxylation is 1. The standard InChI is InChI=1S/C14H20N2/c1-3-5-6-7-14(16-15)13-10-8-12(4-2)9-11-13/h1,8-11,14,16H,4-7,15H2,2H3. The van der Waals surface area contributed by atoms with Gasteiger partial charge in [0.1, 0.15) is 0 Å². The molecule has 0 heterocycles. The molecule has 0 fully saturated rings. The normalized spacial score (nSPS) is 12.1. The van der Waals surface area contributed by atoms with E-state index in [0.29, 0.717) is 0 Å². The van der Waals surface area contributed by atoms with Crippen molar-refractivity contribution >= 4 is 0 Å². The van der Waals surface area contributed by atoms with E-state index >= 15 is 0 Å². The summed E-state index contributed by atoms with van der Waals surface area (Å²) in [5, 5.41) is 0. The van der Waals surface area contributed by atoms with Crippen molar-refractivity contribution in [2.24, 2.45) is 5.84 Å². The fraction of sp³-hybridized carbons (Fsp3) is 0.429. The predicted octanol–water partition coefficient (Wildman–Crippen LogP) is 2.56. The lowest BCUT2D eigenvalue weighted by atomic mass is 10.00. The summed E-state index contributed by atoms with van der Waals surface area (Å²) in [5.41, 5.74) is 5.43. The molecule has 1 aromatic rings. The van der Waals surface area contributed by atoms with Gasteiger partial charge in [0.15, 0.2) is 0 Å². The number of rotatable bonds is 6. The van der Waals surface area contributed by atoms with Crippen LogP contribution in [0.2, 0.25) is 0 Å². The minimum absolute atomic E-state index is 0.208. The number of terminal acetylenes is 1. The van der Waals surface area contributed by atoms with Crippen molar-refractivity contribution in [1.82, 2.24) is 5.43 Å². The highest BCUT2D eigenvalue weighted by Crippen LogP contribution is 2.19. The summed E-state index contributed by atoms with van der Waals surface area (Å²) >= 11 is 0. The van der Waals surface area contributed by atoms with Gasteiger partial charge in [0, 0.05) is 12.5 Å². The van der Waals surface area contributed by atoms with Gasteiger partial charge in [-0.3, -0.25) is 11.3 Å². The Kier molecular flexibility index (Phi) is 5.63. The van der Waals surface area contributed by atoms with E-state index in [2.05, 4.69) is 42.5 Å². The molecule has 0 aliphatic heterocycles. The molecule has 0 aliphatic rings. The molecule has 86 valence electrons. The molecule has 2 heteroatoms. The Morgan fingerprint density at radius 3 is 2.56 bits per heavy atom. The summed E-state index contributed by atoms with van der Waals surface area (Å²) in [6.07, 6.45) is 9.09. The van der Waals surface area contributed by atoms with Crippen LogP contribution in [0.4, 0.5) is 0 Å². The first-order valence-electron chi connectivity index (χ1n) is 5.80. The van der Waals surface area contributed by atoms with Gasteiger partial charge in [0.05, 0.1) is 0 Å². The number of nitrogens with two attached hydrogens (primary N) is 1. The van der Waals surface area contributed by atoms with Gasteiger partial charge in [-0.25, -0.2) is 0 Å². The van der Waals surface area contributed by atoms with Gasteiger partial charge in [-0.1, -0.05) is 31.2 Å². The minimum atomic E-state index is 0.208. The van der Waals surface area contributed by atoms with Crippen LogP contribution in [0.3, 0.4) is 0 Å². The zero-order valence-electron chi connectivity index (χ0n) is 9.87. The van der Waals surface area contributed by atoms with E-state index in [4.69, 9.17) is 12.3 Å². The van der Waals surface area contributed by atoms with Crippen molar-refractivity contribution < 1.29 is 0 Å². The molecular formula is C14H20N2. The Morgan fingerprint density at radius 2 is 2.06 bits per heavy atom. The molecule has 0 saturated heterocycles. The molecule has 0 radical (unpaired) electrons. The molecule has 0 aliphatic carbocycles. The SMILES string of the molecule is C#CCCCC(NN)c1ccc(CC)cc1. The second-order valence-corrected chi connectivity index (χ2v) is 3.91. The van der Waals surface area contributed by atoms with Crippen LogP contribution in [0.25, 0.3) is 0 Å². The second-order valence-electron chi connectivity index (χ2n) is 3.91. The molecule has 0 aromatic heterocycles. The molecule has 1 aromatic carbocycles. The molecular weight excluding hydrogens is 196 g/mol. The fourth-order valence-electron chi connectivity index (χ4n) is 1.74. The number of nitrogens with one attached hydrogen (secondary N) is 1. The topological polar surface area (TPSA) is 38.0 Å². The van der Waals surface area contributed by atoms with Gasteiger partial charge in [0.2, 0.25) is 0 Å². The van der Waals surface area contributed by atoms with Crippen molar-refractivity contribution in [3.63, 3.8) is 0 Å². The molecule has 16 heavy (non-hydrogen) atoms. The number of hydrogen-bond acceptors (Lipinski definition) is 2. The summed E-state index contributed by atoms with van der Waals surface area (Å²) in [5.74, 6) is 8.20. The first kappa shape index (κ1) is 12.8. The minimum Gasteiger partial charge on any atom is -0.271 e. The third kappa shape index (κ3) is 3.69. The molecule has 1 atom stereocenters. The lowest BCUT2D eigenvalue weighted by molar-refractivity contribution is 0.502. The van der Waals surface area contributed by atoms with E-state index in [9.17, 15) is 0 Å². The Balaban J connectivity index is 2.60. The van der Waals surface area contributed by atoms with Crippen LogP contribution >= 0.6 is 0 Å². The van der Waals surface area contributed by atoms with E-state index in [1.54, 1.807) is 0 Å². The average Bonchev–Trinajstić information content (AvgIpc) is 2.35. The maximum atomic E-state index is 5.56. The summed E-state index contributed by atoms with van der Waals surface area (Å²) < 4.78 is 0. The molecule has 1 rings (SSSR count). The van der Waals surface area contributed by atoms with Crippen LogP contribution in [0, 0.1) is 12.3 Å². The van der Waals surface area contributed by atoms with E-state index in [-0.39, 0.29) is 6.04 Å². The molecule has 0 spiro atoms. The van der Waals surface area contributed by atoms with Crippen LogP contribution in [-0.2, 0) is 6.42 Å². The van der Waals surface area contributed by atoms with E-state index in [1.807, 2.05) is 0 Å². The van der Waals surface area contributed by atoms with Crippen LogP contribution in [0.1, 0.15) is 43.4 Å². The molecule has 2 nitrogen and oxygen atoms in total. The zero-order valence-corrected chi connectivity index (χ0v) is 9.87. The lowest BCUT2D eigenvalue weighted by Gasteiger charge is -2.16. The monoisotopic (exact) mass is 216 g/mol. The number of unbranched alkanes of at least 4 members (excludes halogenated alkanes) is 1. The maximum Gasteiger partial charge on any atom is 0.0460 e.